The molecule has 3 aromatic heterocycles. The number of imidazole rings is 1. The summed E-state index contributed by atoms with van der Waals surface area (Å²) in [6.45, 7) is 1.82. The van der Waals surface area contributed by atoms with Crippen molar-refractivity contribution in [1.82, 2.24) is 19.6 Å². The smallest absolute Gasteiger partial charge is 0.368 e. The van der Waals surface area contributed by atoms with Crippen LogP contribution in [0.15, 0.2) is 48.0 Å². The van der Waals surface area contributed by atoms with E-state index in [-0.39, 0.29) is 11.3 Å². The number of thiazole rings is 1. The molecule has 1 unspecified atom stereocenters. The van der Waals surface area contributed by atoms with Crippen LogP contribution in [-0.4, -0.2) is 24.7 Å². The van der Waals surface area contributed by atoms with Gasteiger partial charge >= 0.3 is 6.18 Å². The highest BCUT2D eigenvalue weighted by atomic mass is 32.1. The summed E-state index contributed by atoms with van der Waals surface area (Å²) in [5.74, 6) is 0.333. The summed E-state index contributed by atoms with van der Waals surface area (Å²) in [7, 11) is 0. The zero-order valence-electron chi connectivity index (χ0n) is 14.5. The van der Waals surface area contributed by atoms with Crippen LogP contribution in [0.3, 0.4) is 0 Å². The van der Waals surface area contributed by atoms with Crippen LogP contribution in [0.5, 0.6) is 0 Å². The number of nitrogens with one attached hydrogen (secondary N) is 1. The fourth-order valence-electron chi connectivity index (χ4n) is 2.79. The molecule has 0 aliphatic carbocycles. The first kappa shape index (κ1) is 18.4. The Balaban J connectivity index is 1.73. The Morgan fingerprint density at radius 3 is 2.68 bits per heavy atom. The Morgan fingerprint density at radius 2 is 1.96 bits per heavy atom. The molecule has 1 aromatic carbocycles. The number of aliphatic hydroxyl groups is 1. The second kappa shape index (κ2) is 6.88. The van der Waals surface area contributed by atoms with Crippen LogP contribution < -0.4 is 5.32 Å². The third kappa shape index (κ3) is 3.43. The highest BCUT2D eigenvalue weighted by Gasteiger charge is 2.33. The molecule has 10 heteroatoms. The van der Waals surface area contributed by atoms with Gasteiger partial charge in [0, 0.05) is 10.9 Å². The molecule has 0 spiro atoms. The molecule has 0 bridgehead atoms. The highest BCUT2D eigenvalue weighted by Crippen LogP contribution is 2.36. The number of halogens is 3. The first-order chi connectivity index (χ1) is 13.3. The zero-order chi connectivity index (χ0) is 19.9. The summed E-state index contributed by atoms with van der Waals surface area (Å²) in [5, 5.41) is 20.0. The molecular formula is C18H14F3N5OS. The number of hydrogen-bond donors (Lipinski definition) is 2. The van der Waals surface area contributed by atoms with Crippen LogP contribution in [0.4, 0.5) is 19.0 Å². The lowest BCUT2D eigenvalue weighted by Gasteiger charge is -2.13. The maximum Gasteiger partial charge on any atom is 0.417 e. The normalized spacial score (nSPS) is 13.0. The van der Waals surface area contributed by atoms with Crippen LogP contribution in [-0.2, 0) is 6.18 Å². The van der Waals surface area contributed by atoms with Crippen molar-refractivity contribution in [3.63, 3.8) is 0 Å². The van der Waals surface area contributed by atoms with Crippen molar-refractivity contribution in [2.24, 2.45) is 0 Å². The van der Waals surface area contributed by atoms with Crippen molar-refractivity contribution >= 4 is 22.8 Å². The third-order valence-corrected chi connectivity index (χ3v) is 4.86. The number of hydrogen-bond acceptors (Lipinski definition) is 6. The minimum atomic E-state index is -4.50. The Labute approximate surface area is 161 Å². The van der Waals surface area contributed by atoms with E-state index in [2.05, 4.69) is 20.4 Å². The molecule has 4 aromatic rings. The predicted molar refractivity (Wildman–Crippen MR) is 98.9 cm³/mol. The average molecular weight is 405 g/mol. The van der Waals surface area contributed by atoms with Crippen molar-refractivity contribution in [3.05, 3.63) is 64.2 Å². The van der Waals surface area contributed by atoms with Gasteiger partial charge in [0.05, 0.1) is 22.5 Å². The first-order valence-corrected chi connectivity index (χ1v) is 9.09. The molecule has 0 radical (unpaired) electrons. The predicted octanol–water partition coefficient (Wildman–Crippen LogP) is 4.28. The molecule has 0 aliphatic rings. The zero-order valence-corrected chi connectivity index (χ0v) is 15.3. The number of aliphatic hydroxyl groups excluding tert-OH is 1. The van der Waals surface area contributed by atoms with Crippen molar-refractivity contribution in [1.29, 1.82) is 0 Å². The molecule has 6 nitrogen and oxygen atoms in total. The quantitative estimate of drug-likeness (QED) is 0.496. The molecule has 0 aliphatic heterocycles. The molecule has 0 fully saturated rings. The van der Waals surface area contributed by atoms with Gasteiger partial charge in [-0.2, -0.15) is 22.8 Å². The second-order valence-electron chi connectivity index (χ2n) is 6.01. The van der Waals surface area contributed by atoms with Crippen molar-refractivity contribution in [3.8, 4) is 11.3 Å². The summed E-state index contributed by atoms with van der Waals surface area (Å²) in [5.41, 5.74) is 0.204. The summed E-state index contributed by atoms with van der Waals surface area (Å²) < 4.78 is 41.3. The van der Waals surface area contributed by atoms with Gasteiger partial charge in [0.15, 0.2) is 17.7 Å². The Bertz CT molecular complexity index is 1140. The molecule has 2 N–H and O–H groups in total. The van der Waals surface area contributed by atoms with Crippen molar-refractivity contribution < 1.29 is 18.3 Å². The van der Waals surface area contributed by atoms with E-state index in [0.29, 0.717) is 17.2 Å². The van der Waals surface area contributed by atoms with Crippen LogP contribution in [0, 0.1) is 6.92 Å². The van der Waals surface area contributed by atoms with Gasteiger partial charge in [-0.15, -0.1) is 11.3 Å². The second-order valence-corrected chi connectivity index (χ2v) is 7.08. The fourth-order valence-corrected chi connectivity index (χ4v) is 3.42. The summed E-state index contributed by atoms with van der Waals surface area (Å²) in [6.07, 6.45) is -4.15. The number of fused-ring (bicyclic) bond motifs is 1. The average Bonchev–Trinajstić information content (AvgIpc) is 3.27. The van der Waals surface area contributed by atoms with Crippen molar-refractivity contribution in [2.45, 2.75) is 19.3 Å². The maximum absolute atomic E-state index is 13.3. The van der Waals surface area contributed by atoms with Crippen LogP contribution >= 0.6 is 11.3 Å². The van der Waals surface area contributed by atoms with E-state index >= 15 is 0 Å². The van der Waals surface area contributed by atoms with Gasteiger partial charge in [-0.1, -0.05) is 18.2 Å². The van der Waals surface area contributed by atoms with E-state index in [1.165, 1.54) is 46.3 Å². The molecule has 144 valence electrons. The van der Waals surface area contributed by atoms with Gasteiger partial charge < -0.3 is 10.4 Å². The van der Waals surface area contributed by atoms with E-state index in [0.717, 1.165) is 11.1 Å². The lowest BCUT2D eigenvalue weighted by Crippen LogP contribution is -2.13. The summed E-state index contributed by atoms with van der Waals surface area (Å²) in [4.78, 5) is 8.37. The maximum atomic E-state index is 13.3. The summed E-state index contributed by atoms with van der Waals surface area (Å²) >= 11 is 1.40. The fraction of sp³-hybridized carbons (Fsp3) is 0.167. The summed E-state index contributed by atoms with van der Waals surface area (Å²) in [6, 6.07) is 8.30. The van der Waals surface area contributed by atoms with Crippen LogP contribution in [0.1, 0.15) is 22.5 Å². The number of nitrogens with zero attached hydrogens (tertiary/aromatic N) is 4. The van der Waals surface area contributed by atoms with E-state index in [1.54, 1.807) is 11.4 Å². The molecule has 0 amide bonds. The number of rotatable bonds is 4. The topological polar surface area (TPSA) is 75.3 Å². The van der Waals surface area contributed by atoms with Gasteiger partial charge in [0.1, 0.15) is 5.69 Å². The van der Waals surface area contributed by atoms with Crippen LogP contribution in [0.2, 0.25) is 0 Å². The monoisotopic (exact) mass is 405 g/mol. The molecule has 4 rings (SSSR count). The molecule has 28 heavy (non-hydrogen) atoms. The lowest BCUT2D eigenvalue weighted by atomic mass is 10.0. The van der Waals surface area contributed by atoms with Gasteiger partial charge in [-0.25, -0.2) is 9.97 Å². The van der Waals surface area contributed by atoms with Gasteiger partial charge in [-0.05, 0) is 25.1 Å². The van der Waals surface area contributed by atoms with Crippen LogP contribution in [0.25, 0.3) is 16.9 Å². The molecule has 1 atom stereocenters. The van der Waals surface area contributed by atoms with E-state index < -0.39 is 18.0 Å². The largest absolute Gasteiger partial charge is 0.417 e. The molecule has 0 saturated carbocycles. The van der Waals surface area contributed by atoms with Gasteiger partial charge in [0.25, 0.3) is 0 Å². The Morgan fingerprint density at radius 1 is 1.18 bits per heavy atom. The SMILES string of the molecule is Cc1nc(C(O)Nc2cnc3ccc(-c4ccccc4C(F)(F)F)nn23)cs1. The number of alkyl halides is 3. The lowest BCUT2D eigenvalue weighted by molar-refractivity contribution is -0.137. The number of anilines is 1. The number of aromatic nitrogens is 4. The van der Waals surface area contributed by atoms with E-state index in [9.17, 15) is 18.3 Å². The van der Waals surface area contributed by atoms with E-state index in [4.69, 9.17) is 0 Å². The molecular weight excluding hydrogens is 391 g/mol. The number of benzene rings is 1. The molecule has 0 saturated heterocycles. The number of aryl methyl sites for hydroxylation is 1. The van der Waals surface area contributed by atoms with E-state index in [1.807, 2.05) is 6.92 Å². The molecule has 3 heterocycles. The Kier molecular flexibility index (Phi) is 4.52. The van der Waals surface area contributed by atoms with Crippen molar-refractivity contribution in [2.75, 3.05) is 5.32 Å². The third-order valence-electron chi connectivity index (χ3n) is 4.07. The minimum Gasteiger partial charge on any atom is -0.368 e. The first-order valence-electron chi connectivity index (χ1n) is 8.21. The standard InChI is InChI=1S/C18H14F3N5OS/c1-10-23-14(9-28-10)17(27)24-16-8-22-15-7-6-13(25-26(15)16)11-4-2-3-5-12(11)18(19,20)21/h2-9,17,24,27H,1H3. The van der Waals surface area contributed by atoms with Gasteiger partial charge in [0.2, 0.25) is 0 Å². The Hall–Kier alpha value is -2.98. The minimum absolute atomic E-state index is 0.0350. The highest BCUT2D eigenvalue weighted by molar-refractivity contribution is 7.09. The van der Waals surface area contributed by atoms with Gasteiger partial charge in [-0.3, -0.25) is 0 Å².